The van der Waals surface area contributed by atoms with Crippen LogP contribution < -0.4 is 10.5 Å². The minimum atomic E-state index is 0.483. The van der Waals surface area contributed by atoms with E-state index in [2.05, 4.69) is 0 Å². The molecule has 1 aromatic carbocycles. The van der Waals surface area contributed by atoms with Crippen LogP contribution >= 0.6 is 11.6 Å². The molecule has 0 saturated heterocycles. The minimum Gasteiger partial charge on any atom is -0.492 e. The summed E-state index contributed by atoms with van der Waals surface area (Å²) in [4.78, 5) is 0. The molecule has 0 aliphatic heterocycles. The minimum absolute atomic E-state index is 0.483. The Morgan fingerprint density at radius 2 is 2.29 bits per heavy atom. The van der Waals surface area contributed by atoms with Gasteiger partial charge in [0.15, 0.2) is 0 Å². The van der Waals surface area contributed by atoms with Crippen molar-refractivity contribution in [2.75, 3.05) is 12.3 Å². The van der Waals surface area contributed by atoms with Crippen LogP contribution in [0.1, 0.15) is 12.8 Å². The lowest BCUT2D eigenvalue weighted by atomic mass is 10.3. The van der Waals surface area contributed by atoms with Crippen LogP contribution in [-0.2, 0) is 0 Å². The SMILES string of the molecule is N#CCCCOc1cc(N)ccc1Cl. The zero-order chi connectivity index (χ0) is 10.4. The van der Waals surface area contributed by atoms with Gasteiger partial charge in [0.2, 0.25) is 0 Å². The van der Waals surface area contributed by atoms with Crippen molar-refractivity contribution in [2.24, 2.45) is 0 Å². The molecule has 0 heterocycles. The number of anilines is 1. The highest BCUT2D eigenvalue weighted by molar-refractivity contribution is 6.32. The summed E-state index contributed by atoms with van der Waals surface area (Å²) in [5, 5.41) is 8.85. The molecule has 1 aromatic rings. The summed E-state index contributed by atoms with van der Waals surface area (Å²) >= 11 is 5.86. The molecule has 0 unspecified atom stereocenters. The van der Waals surface area contributed by atoms with Gasteiger partial charge in [-0.15, -0.1) is 0 Å². The summed E-state index contributed by atoms with van der Waals surface area (Å²) in [5.74, 6) is 0.574. The Kier molecular flexibility index (Phi) is 4.09. The number of nitrogen functional groups attached to an aromatic ring is 1. The molecule has 0 amide bonds. The van der Waals surface area contributed by atoms with Gasteiger partial charge in [0.05, 0.1) is 17.7 Å². The summed E-state index contributed by atoms with van der Waals surface area (Å²) in [5.41, 5.74) is 6.18. The molecule has 14 heavy (non-hydrogen) atoms. The maximum atomic E-state index is 8.31. The normalized spacial score (nSPS) is 9.43. The van der Waals surface area contributed by atoms with Crippen LogP contribution in [0.5, 0.6) is 5.75 Å². The molecule has 0 radical (unpaired) electrons. The van der Waals surface area contributed by atoms with E-state index in [9.17, 15) is 0 Å². The lowest BCUT2D eigenvalue weighted by molar-refractivity contribution is 0.313. The van der Waals surface area contributed by atoms with E-state index >= 15 is 0 Å². The van der Waals surface area contributed by atoms with Gasteiger partial charge in [-0.3, -0.25) is 0 Å². The molecule has 0 aromatic heterocycles. The predicted molar refractivity (Wildman–Crippen MR) is 56.2 cm³/mol. The number of nitriles is 1. The van der Waals surface area contributed by atoms with Gasteiger partial charge in [-0.2, -0.15) is 5.26 Å². The third-order valence-electron chi connectivity index (χ3n) is 1.65. The number of rotatable bonds is 4. The van der Waals surface area contributed by atoms with Crippen LogP contribution in [0.15, 0.2) is 18.2 Å². The Morgan fingerprint density at radius 1 is 1.50 bits per heavy atom. The number of halogens is 1. The molecule has 74 valence electrons. The van der Waals surface area contributed by atoms with Gasteiger partial charge < -0.3 is 10.5 Å². The Hall–Kier alpha value is -1.40. The van der Waals surface area contributed by atoms with Gasteiger partial charge in [-0.05, 0) is 18.6 Å². The van der Waals surface area contributed by atoms with Gasteiger partial charge >= 0.3 is 0 Å². The first-order chi connectivity index (χ1) is 6.74. The Bertz CT molecular complexity index is 346. The van der Waals surface area contributed by atoms with Crippen LogP contribution in [0.2, 0.25) is 5.02 Å². The van der Waals surface area contributed by atoms with Crippen molar-refractivity contribution in [2.45, 2.75) is 12.8 Å². The van der Waals surface area contributed by atoms with Gasteiger partial charge in [-0.25, -0.2) is 0 Å². The largest absolute Gasteiger partial charge is 0.492 e. The zero-order valence-electron chi connectivity index (χ0n) is 7.66. The first kappa shape index (κ1) is 10.7. The van der Waals surface area contributed by atoms with E-state index in [1.807, 2.05) is 6.07 Å². The van der Waals surface area contributed by atoms with Crippen molar-refractivity contribution in [3.05, 3.63) is 23.2 Å². The van der Waals surface area contributed by atoms with Crippen molar-refractivity contribution < 1.29 is 4.74 Å². The number of nitrogens with zero attached hydrogens (tertiary/aromatic N) is 1. The second-order valence-corrected chi connectivity index (χ2v) is 3.21. The summed E-state index contributed by atoms with van der Waals surface area (Å²) in [6.45, 7) is 0.483. The van der Waals surface area contributed by atoms with E-state index < -0.39 is 0 Å². The van der Waals surface area contributed by atoms with Gasteiger partial charge in [0.25, 0.3) is 0 Å². The number of benzene rings is 1. The highest BCUT2D eigenvalue weighted by atomic mass is 35.5. The number of hydrogen-bond donors (Lipinski definition) is 1. The van der Waals surface area contributed by atoms with Gasteiger partial charge in [-0.1, -0.05) is 11.6 Å². The molecule has 0 aliphatic rings. The maximum Gasteiger partial charge on any atom is 0.139 e. The first-order valence-electron chi connectivity index (χ1n) is 4.29. The molecule has 0 fully saturated rings. The molecular formula is C10H11ClN2O. The van der Waals surface area contributed by atoms with Gasteiger partial charge in [0, 0.05) is 18.2 Å². The lowest BCUT2D eigenvalue weighted by Crippen LogP contribution is -1.98. The van der Waals surface area contributed by atoms with E-state index in [4.69, 9.17) is 27.3 Å². The lowest BCUT2D eigenvalue weighted by Gasteiger charge is -2.07. The second kappa shape index (κ2) is 5.36. The average Bonchev–Trinajstić information content (AvgIpc) is 2.18. The molecule has 0 spiro atoms. The summed E-state index contributed by atoms with van der Waals surface area (Å²) in [6, 6.07) is 7.12. The molecule has 3 nitrogen and oxygen atoms in total. The quantitative estimate of drug-likeness (QED) is 0.614. The molecule has 0 atom stereocenters. The first-order valence-corrected chi connectivity index (χ1v) is 4.66. The zero-order valence-corrected chi connectivity index (χ0v) is 8.42. The van der Waals surface area contributed by atoms with Crippen LogP contribution in [-0.4, -0.2) is 6.61 Å². The number of nitrogens with two attached hydrogens (primary N) is 1. The van der Waals surface area contributed by atoms with E-state index in [0.717, 1.165) is 0 Å². The van der Waals surface area contributed by atoms with E-state index in [1.54, 1.807) is 18.2 Å². The maximum absolute atomic E-state index is 8.31. The number of hydrogen-bond acceptors (Lipinski definition) is 3. The Balaban J connectivity index is 2.50. The Morgan fingerprint density at radius 3 is 3.00 bits per heavy atom. The summed E-state index contributed by atoms with van der Waals surface area (Å²) in [7, 11) is 0. The number of unbranched alkanes of at least 4 members (excludes halogenated alkanes) is 1. The molecule has 2 N–H and O–H groups in total. The summed E-state index contributed by atoms with van der Waals surface area (Å²) in [6.07, 6.45) is 1.18. The van der Waals surface area contributed by atoms with Crippen molar-refractivity contribution in [1.29, 1.82) is 5.26 Å². The third-order valence-corrected chi connectivity index (χ3v) is 1.96. The number of ether oxygens (including phenoxy) is 1. The van der Waals surface area contributed by atoms with E-state index in [-0.39, 0.29) is 0 Å². The van der Waals surface area contributed by atoms with Crippen LogP contribution in [0.25, 0.3) is 0 Å². The fourth-order valence-corrected chi connectivity index (χ4v) is 1.14. The molecular weight excluding hydrogens is 200 g/mol. The van der Waals surface area contributed by atoms with Crippen molar-refractivity contribution in [1.82, 2.24) is 0 Å². The van der Waals surface area contributed by atoms with Crippen molar-refractivity contribution in [3.8, 4) is 11.8 Å². The van der Waals surface area contributed by atoms with E-state index in [0.29, 0.717) is 35.9 Å². The average molecular weight is 211 g/mol. The third kappa shape index (κ3) is 3.15. The van der Waals surface area contributed by atoms with Gasteiger partial charge in [0.1, 0.15) is 5.75 Å². The molecule has 0 aliphatic carbocycles. The fraction of sp³-hybridized carbons (Fsp3) is 0.300. The Labute approximate surface area is 88.0 Å². The van der Waals surface area contributed by atoms with Crippen molar-refractivity contribution in [3.63, 3.8) is 0 Å². The highest BCUT2D eigenvalue weighted by Gasteiger charge is 2.01. The molecule has 0 saturated carbocycles. The van der Waals surface area contributed by atoms with Crippen LogP contribution in [0.4, 0.5) is 5.69 Å². The van der Waals surface area contributed by atoms with E-state index in [1.165, 1.54) is 0 Å². The van der Waals surface area contributed by atoms with Crippen molar-refractivity contribution >= 4 is 17.3 Å². The summed E-state index contributed by atoms with van der Waals surface area (Å²) < 4.78 is 5.36. The molecule has 4 heteroatoms. The monoisotopic (exact) mass is 210 g/mol. The predicted octanol–water partition coefficient (Wildman–Crippen LogP) is 2.60. The fourth-order valence-electron chi connectivity index (χ4n) is 0.964. The second-order valence-electron chi connectivity index (χ2n) is 2.80. The highest BCUT2D eigenvalue weighted by Crippen LogP contribution is 2.26. The molecule has 0 bridgehead atoms. The van der Waals surface area contributed by atoms with Crippen LogP contribution in [0.3, 0.4) is 0 Å². The molecule has 1 rings (SSSR count). The topological polar surface area (TPSA) is 59.0 Å². The standard InChI is InChI=1S/C10H11ClN2O/c11-9-4-3-8(13)7-10(9)14-6-2-1-5-12/h3-4,7H,1-2,6,13H2. The van der Waals surface area contributed by atoms with Crippen LogP contribution in [0, 0.1) is 11.3 Å². The smallest absolute Gasteiger partial charge is 0.139 e.